The van der Waals surface area contributed by atoms with Crippen LogP contribution in [0.5, 0.6) is 5.75 Å². The van der Waals surface area contributed by atoms with Crippen LogP contribution >= 0.6 is 0 Å². The van der Waals surface area contributed by atoms with Gasteiger partial charge in [-0.25, -0.2) is 4.79 Å². The summed E-state index contributed by atoms with van der Waals surface area (Å²) in [5.74, 6) is 1.64. The van der Waals surface area contributed by atoms with Crippen LogP contribution < -0.4 is 14.5 Å². The minimum absolute atomic E-state index is 0.293. The molecule has 0 spiro atoms. The van der Waals surface area contributed by atoms with Gasteiger partial charge in [0, 0.05) is 66.6 Å². The molecule has 1 amide bonds. The molecule has 2 aliphatic heterocycles. The summed E-state index contributed by atoms with van der Waals surface area (Å²) in [6, 6.07) is 12.4. The molecule has 1 fully saturated rings. The summed E-state index contributed by atoms with van der Waals surface area (Å²) in [5.41, 5.74) is 2.55. The maximum Gasteiger partial charge on any atom is 0.410 e. The van der Waals surface area contributed by atoms with Gasteiger partial charge in [-0.2, -0.15) is 9.97 Å². The average molecular weight is 538 g/mol. The number of amides is 1. The van der Waals surface area contributed by atoms with E-state index in [0.717, 1.165) is 52.3 Å². The maximum atomic E-state index is 12.5. The summed E-state index contributed by atoms with van der Waals surface area (Å²) in [6.45, 7) is 9.35. The molecule has 10 heteroatoms. The highest BCUT2D eigenvalue weighted by molar-refractivity contribution is 7.90. The normalized spacial score (nSPS) is 16.8. The van der Waals surface area contributed by atoms with Gasteiger partial charge in [-0.1, -0.05) is 24.3 Å². The molecule has 1 aromatic heterocycles. The van der Waals surface area contributed by atoms with Crippen molar-refractivity contribution in [2.24, 2.45) is 0 Å². The predicted molar refractivity (Wildman–Crippen MR) is 150 cm³/mol. The van der Waals surface area contributed by atoms with Crippen LogP contribution in [0.3, 0.4) is 0 Å². The lowest BCUT2D eigenvalue weighted by molar-refractivity contribution is 0.0240. The third-order valence-corrected chi connectivity index (χ3v) is 7.60. The van der Waals surface area contributed by atoms with Crippen LogP contribution in [-0.4, -0.2) is 77.2 Å². The van der Waals surface area contributed by atoms with Gasteiger partial charge >= 0.3 is 11.2 Å². The Balaban J connectivity index is 1.42. The Bertz CT molecular complexity index is 1330. The highest BCUT2D eigenvalue weighted by Crippen LogP contribution is 2.36. The number of carbonyl (C=O) groups is 1. The first-order chi connectivity index (χ1) is 18.1. The fourth-order valence-corrected chi connectivity index (χ4v) is 5.51. The Morgan fingerprint density at radius 1 is 1.03 bits per heavy atom. The molecular formula is C28H35N5O4S. The first kappa shape index (κ1) is 26.4. The summed E-state index contributed by atoms with van der Waals surface area (Å²) < 4.78 is 23.7. The number of methoxy groups -OCH3 is 1. The molecule has 2 aliphatic rings. The lowest BCUT2D eigenvalue weighted by Crippen LogP contribution is -2.50. The Hall–Kier alpha value is -3.24. The zero-order chi connectivity index (χ0) is 27.0. The van der Waals surface area contributed by atoms with Gasteiger partial charge in [-0.15, -0.1) is 0 Å². The molecule has 2 aromatic carbocycles. The smallest absolute Gasteiger partial charge is 0.410 e. The van der Waals surface area contributed by atoms with Crippen molar-refractivity contribution in [1.82, 2.24) is 14.9 Å². The SMILES string of the molecule is COc1cc(N2CCc3c(nc([S+](C)[O-])nc3N3CCN(C(=O)OC(C)(C)C)CC3)C2)c2ccccc2c1. The van der Waals surface area contributed by atoms with Crippen LogP contribution in [0.4, 0.5) is 16.3 Å². The predicted octanol–water partition coefficient (Wildman–Crippen LogP) is 4.00. The average Bonchev–Trinajstić information content (AvgIpc) is 2.90. The standard InChI is InChI=1S/C28H35N5O4S/c1-28(2,3)37-27(34)32-14-12-31(13-15-32)25-22-10-11-33(18-23(22)29-26(30-25)38(5)35)24-17-20(36-4)16-19-8-6-7-9-21(19)24/h6-9,16-17H,10-15,18H2,1-5H3. The number of benzene rings is 2. The van der Waals surface area contributed by atoms with Gasteiger partial charge in [0.25, 0.3) is 0 Å². The fraction of sp³-hybridized carbons (Fsp3) is 0.464. The van der Waals surface area contributed by atoms with Crippen molar-refractivity contribution in [2.45, 2.75) is 44.5 Å². The van der Waals surface area contributed by atoms with Gasteiger partial charge in [0.2, 0.25) is 0 Å². The van der Waals surface area contributed by atoms with E-state index in [9.17, 15) is 9.35 Å². The molecule has 0 aliphatic carbocycles. The number of hydrogen-bond acceptors (Lipinski definition) is 8. The molecule has 0 bridgehead atoms. The Morgan fingerprint density at radius 3 is 2.45 bits per heavy atom. The fourth-order valence-electron chi connectivity index (χ4n) is 5.05. The summed E-state index contributed by atoms with van der Waals surface area (Å²) in [5, 5.41) is 2.61. The van der Waals surface area contributed by atoms with Crippen molar-refractivity contribution in [1.29, 1.82) is 0 Å². The quantitative estimate of drug-likeness (QED) is 0.364. The van der Waals surface area contributed by atoms with Gasteiger partial charge in [0.15, 0.2) is 0 Å². The van der Waals surface area contributed by atoms with Crippen molar-refractivity contribution in [3.63, 3.8) is 0 Å². The van der Waals surface area contributed by atoms with E-state index in [1.165, 1.54) is 0 Å². The third-order valence-electron chi connectivity index (χ3n) is 6.90. The molecular weight excluding hydrogens is 502 g/mol. The lowest BCUT2D eigenvalue weighted by Gasteiger charge is -2.38. The van der Waals surface area contributed by atoms with Crippen LogP contribution in [0.1, 0.15) is 32.0 Å². The van der Waals surface area contributed by atoms with Crippen LogP contribution in [0, 0.1) is 0 Å². The maximum absolute atomic E-state index is 12.5. The number of hydrogen-bond donors (Lipinski definition) is 0. The number of aromatic nitrogens is 2. The van der Waals surface area contributed by atoms with Gasteiger partial charge < -0.3 is 28.7 Å². The summed E-state index contributed by atoms with van der Waals surface area (Å²) in [7, 11) is 1.68. The van der Waals surface area contributed by atoms with Crippen LogP contribution in [0.25, 0.3) is 10.8 Å². The number of nitrogens with zero attached hydrogens (tertiary/aromatic N) is 5. The van der Waals surface area contributed by atoms with E-state index in [-0.39, 0.29) is 6.09 Å². The molecule has 0 N–H and O–H groups in total. The van der Waals surface area contributed by atoms with E-state index in [0.29, 0.717) is 37.9 Å². The molecule has 0 radical (unpaired) electrons. The van der Waals surface area contributed by atoms with Crippen LogP contribution in [-0.2, 0) is 28.9 Å². The van der Waals surface area contributed by atoms with E-state index >= 15 is 0 Å². The molecule has 38 heavy (non-hydrogen) atoms. The van der Waals surface area contributed by atoms with E-state index in [4.69, 9.17) is 19.4 Å². The lowest BCUT2D eigenvalue weighted by atomic mass is 10.0. The molecule has 1 atom stereocenters. The Morgan fingerprint density at radius 2 is 1.76 bits per heavy atom. The summed E-state index contributed by atoms with van der Waals surface area (Å²) in [6.07, 6.45) is 2.08. The molecule has 1 unspecified atom stereocenters. The van der Waals surface area contributed by atoms with Gasteiger partial charge in [-0.3, -0.25) is 0 Å². The molecule has 9 nitrogen and oxygen atoms in total. The van der Waals surface area contributed by atoms with Crippen molar-refractivity contribution in [2.75, 3.05) is 55.9 Å². The van der Waals surface area contributed by atoms with Gasteiger partial charge in [0.1, 0.15) is 23.4 Å². The van der Waals surface area contributed by atoms with Crippen LogP contribution in [0.15, 0.2) is 41.6 Å². The zero-order valence-electron chi connectivity index (χ0n) is 22.7. The number of ether oxygens (including phenoxy) is 2. The molecule has 0 saturated carbocycles. The van der Waals surface area contributed by atoms with E-state index < -0.39 is 16.8 Å². The molecule has 3 heterocycles. The van der Waals surface area contributed by atoms with Crippen molar-refractivity contribution >= 4 is 39.5 Å². The Labute approximate surface area is 226 Å². The first-order valence-corrected chi connectivity index (χ1v) is 14.5. The van der Waals surface area contributed by atoms with Gasteiger partial charge in [0.05, 0.1) is 19.3 Å². The number of fused-ring (bicyclic) bond motifs is 2. The second-order valence-electron chi connectivity index (χ2n) is 10.7. The second-order valence-corrected chi connectivity index (χ2v) is 12.0. The number of piperazine rings is 1. The monoisotopic (exact) mass is 537 g/mol. The van der Waals surface area contributed by atoms with E-state index in [1.54, 1.807) is 18.3 Å². The number of anilines is 2. The van der Waals surface area contributed by atoms with E-state index in [1.807, 2.05) is 39.0 Å². The highest BCUT2D eigenvalue weighted by atomic mass is 32.2. The van der Waals surface area contributed by atoms with Gasteiger partial charge in [-0.05, 0) is 38.6 Å². The third kappa shape index (κ3) is 5.47. The summed E-state index contributed by atoms with van der Waals surface area (Å²) >= 11 is -1.32. The number of carbonyl (C=O) groups excluding carboxylic acids is 1. The molecule has 1 saturated heterocycles. The molecule has 5 rings (SSSR count). The number of rotatable bonds is 4. The first-order valence-electron chi connectivity index (χ1n) is 12.9. The van der Waals surface area contributed by atoms with Crippen molar-refractivity contribution < 1.29 is 18.8 Å². The minimum Gasteiger partial charge on any atom is -0.609 e. The second kappa shape index (κ2) is 10.5. The van der Waals surface area contributed by atoms with Crippen molar-refractivity contribution in [3.8, 4) is 5.75 Å². The topological polar surface area (TPSA) is 94.1 Å². The van der Waals surface area contributed by atoms with Crippen molar-refractivity contribution in [3.05, 3.63) is 47.7 Å². The molecule has 3 aromatic rings. The van der Waals surface area contributed by atoms with Crippen LogP contribution in [0.2, 0.25) is 0 Å². The molecule has 202 valence electrons. The minimum atomic E-state index is -1.32. The Kier molecular flexibility index (Phi) is 7.28. The summed E-state index contributed by atoms with van der Waals surface area (Å²) in [4.78, 5) is 28.3. The van der Waals surface area contributed by atoms with E-state index in [2.05, 4.69) is 28.0 Å². The highest BCUT2D eigenvalue weighted by Gasteiger charge is 2.31. The largest absolute Gasteiger partial charge is 0.609 e. The zero-order valence-corrected chi connectivity index (χ0v) is 23.5.